The molecule has 0 radical (unpaired) electrons. The number of hydrogen-bond donors (Lipinski definition) is 1. The van der Waals surface area contributed by atoms with E-state index in [2.05, 4.69) is 46.9 Å². The molecule has 1 atom stereocenters. The Balaban J connectivity index is 2.02. The Labute approximate surface area is 106 Å². The number of rotatable bonds is 5. The molecule has 0 saturated carbocycles. The molecule has 0 aliphatic heterocycles. The molecular weight excluding hydrogens is 232 g/mol. The molecule has 0 aromatic carbocycles. The van der Waals surface area contributed by atoms with Crippen LogP contribution in [0.15, 0.2) is 23.8 Å². The van der Waals surface area contributed by atoms with Gasteiger partial charge in [-0.15, -0.1) is 21.5 Å². The molecule has 0 aliphatic carbocycles. The quantitative estimate of drug-likeness (QED) is 0.886. The maximum Gasteiger partial charge on any atom is 0.146 e. The van der Waals surface area contributed by atoms with E-state index in [0.717, 1.165) is 12.4 Å². The van der Waals surface area contributed by atoms with Crippen molar-refractivity contribution in [1.29, 1.82) is 0 Å². The first kappa shape index (κ1) is 12.3. The first-order valence-electron chi connectivity index (χ1n) is 5.78. The molecule has 2 heterocycles. The van der Waals surface area contributed by atoms with Gasteiger partial charge in [0.25, 0.3) is 0 Å². The average molecular weight is 250 g/mol. The van der Waals surface area contributed by atoms with Gasteiger partial charge in [-0.25, -0.2) is 0 Å². The summed E-state index contributed by atoms with van der Waals surface area (Å²) in [5, 5.41) is 13.6. The van der Waals surface area contributed by atoms with Crippen molar-refractivity contribution in [2.45, 2.75) is 26.4 Å². The third kappa shape index (κ3) is 2.92. The van der Waals surface area contributed by atoms with Gasteiger partial charge in [-0.2, -0.15) is 0 Å². The van der Waals surface area contributed by atoms with Crippen LogP contribution >= 0.6 is 11.3 Å². The largest absolute Gasteiger partial charge is 0.320 e. The Hall–Kier alpha value is -1.20. The smallest absolute Gasteiger partial charge is 0.146 e. The van der Waals surface area contributed by atoms with Gasteiger partial charge in [-0.1, -0.05) is 19.9 Å². The fourth-order valence-corrected chi connectivity index (χ4v) is 2.77. The lowest BCUT2D eigenvalue weighted by Gasteiger charge is -2.20. The number of hydrogen-bond acceptors (Lipinski definition) is 4. The molecule has 2 aromatic heterocycles. The van der Waals surface area contributed by atoms with E-state index >= 15 is 0 Å². The standard InChI is InChI=1S/C12H18N4S/c1-9(2)12(10-5-4-6-17-10)13-7-11-15-14-8-16(11)3/h4-6,8-9,12-13H,7H2,1-3H3. The van der Waals surface area contributed by atoms with E-state index in [1.807, 2.05) is 11.6 Å². The summed E-state index contributed by atoms with van der Waals surface area (Å²) in [7, 11) is 1.96. The zero-order valence-electron chi connectivity index (χ0n) is 10.4. The zero-order chi connectivity index (χ0) is 12.3. The number of aromatic nitrogens is 3. The summed E-state index contributed by atoms with van der Waals surface area (Å²) in [5.74, 6) is 1.52. The van der Waals surface area contributed by atoms with Gasteiger partial charge in [0.05, 0.1) is 6.54 Å². The van der Waals surface area contributed by atoms with Crippen LogP contribution in [-0.2, 0) is 13.6 Å². The summed E-state index contributed by atoms with van der Waals surface area (Å²) >= 11 is 1.80. The van der Waals surface area contributed by atoms with Gasteiger partial charge in [0, 0.05) is 18.0 Å². The predicted octanol–water partition coefficient (Wildman–Crippen LogP) is 2.36. The van der Waals surface area contributed by atoms with Crippen LogP contribution in [0.2, 0.25) is 0 Å². The summed E-state index contributed by atoms with van der Waals surface area (Å²) in [6.07, 6.45) is 1.73. The maximum absolute atomic E-state index is 4.08. The van der Waals surface area contributed by atoms with Gasteiger partial charge in [0.1, 0.15) is 12.2 Å². The lowest BCUT2D eigenvalue weighted by Crippen LogP contribution is -2.25. The van der Waals surface area contributed by atoms with Crippen molar-refractivity contribution >= 4 is 11.3 Å². The second-order valence-electron chi connectivity index (χ2n) is 4.48. The van der Waals surface area contributed by atoms with E-state index in [0.29, 0.717) is 12.0 Å². The van der Waals surface area contributed by atoms with Crippen molar-refractivity contribution in [3.05, 3.63) is 34.5 Å². The maximum atomic E-state index is 4.08. The molecule has 1 unspecified atom stereocenters. The highest BCUT2D eigenvalue weighted by Gasteiger charge is 2.16. The van der Waals surface area contributed by atoms with Crippen molar-refractivity contribution in [1.82, 2.24) is 20.1 Å². The van der Waals surface area contributed by atoms with Gasteiger partial charge in [-0.05, 0) is 17.4 Å². The van der Waals surface area contributed by atoms with Crippen molar-refractivity contribution in [2.24, 2.45) is 13.0 Å². The van der Waals surface area contributed by atoms with Crippen LogP contribution in [0, 0.1) is 5.92 Å². The molecule has 4 nitrogen and oxygen atoms in total. The molecule has 2 rings (SSSR count). The van der Waals surface area contributed by atoms with Gasteiger partial charge < -0.3 is 9.88 Å². The summed E-state index contributed by atoms with van der Waals surface area (Å²) in [6.45, 7) is 5.21. The minimum atomic E-state index is 0.381. The molecule has 2 aromatic rings. The number of nitrogens with zero attached hydrogens (tertiary/aromatic N) is 3. The number of aryl methyl sites for hydroxylation is 1. The third-order valence-corrected chi connectivity index (χ3v) is 3.76. The summed E-state index contributed by atoms with van der Waals surface area (Å²) in [6, 6.07) is 4.66. The van der Waals surface area contributed by atoms with Crippen LogP contribution in [-0.4, -0.2) is 14.8 Å². The Bertz CT molecular complexity index is 447. The zero-order valence-corrected chi connectivity index (χ0v) is 11.2. The molecule has 17 heavy (non-hydrogen) atoms. The highest BCUT2D eigenvalue weighted by molar-refractivity contribution is 7.10. The normalized spacial score (nSPS) is 13.2. The van der Waals surface area contributed by atoms with Crippen molar-refractivity contribution in [3.63, 3.8) is 0 Å². The van der Waals surface area contributed by atoms with Crippen LogP contribution in [0.5, 0.6) is 0 Å². The summed E-state index contributed by atoms with van der Waals surface area (Å²) in [5.41, 5.74) is 0. The third-order valence-electron chi connectivity index (χ3n) is 2.80. The Morgan fingerprint density at radius 2 is 2.29 bits per heavy atom. The van der Waals surface area contributed by atoms with Crippen molar-refractivity contribution in [2.75, 3.05) is 0 Å². The minimum Gasteiger partial charge on any atom is -0.320 e. The van der Waals surface area contributed by atoms with Crippen LogP contribution in [0.3, 0.4) is 0 Å². The molecule has 0 spiro atoms. The molecule has 1 N–H and O–H groups in total. The summed E-state index contributed by atoms with van der Waals surface area (Å²) < 4.78 is 1.94. The van der Waals surface area contributed by atoms with E-state index < -0.39 is 0 Å². The fourth-order valence-electron chi connectivity index (χ4n) is 1.80. The first-order chi connectivity index (χ1) is 8.18. The Morgan fingerprint density at radius 3 is 2.82 bits per heavy atom. The number of thiophene rings is 1. The van der Waals surface area contributed by atoms with Crippen LogP contribution < -0.4 is 5.32 Å². The molecule has 0 fully saturated rings. The highest BCUT2D eigenvalue weighted by atomic mass is 32.1. The lowest BCUT2D eigenvalue weighted by atomic mass is 10.0. The van der Waals surface area contributed by atoms with Crippen molar-refractivity contribution in [3.8, 4) is 0 Å². The minimum absolute atomic E-state index is 0.381. The lowest BCUT2D eigenvalue weighted by molar-refractivity contribution is 0.409. The first-order valence-corrected chi connectivity index (χ1v) is 6.66. The predicted molar refractivity (Wildman–Crippen MR) is 69.7 cm³/mol. The Morgan fingerprint density at radius 1 is 1.47 bits per heavy atom. The second-order valence-corrected chi connectivity index (χ2v) is 5.46. The van der Waals surface area contributed by atoms with E-state index in [4.69, 9.17) is 0 Å². The number of nitrogens with one attached hydrogen (secondary N) is 1. The molecule has 0 saturated heterocycles. The van der Waals surface area contributed by atoms with E-state index in [1.54, 1.807) is 17.7 Å². The monoisotopic (exact) mass is 250 g/mol. The average Bonchev–Trinajstić information content (AvgIpc) is 2.91. The van der Waals surface area contributed by atoms with Gasteiger partial charge in [0.15, 0.2) is 0 Å². The molecule has 0 bridgehead atoms. The van der Waals surface area contributed by atoms with E-state index in [-0.39, 0.29) is 0 Å². The molecule has 5 heteroatoms. The summed E-state index contributed by atoms with van der Waals surface area (Å²) in [4.78, 5) is 1.38. The Kier molecular flexibility index (Phi) is 3.91. The molecular formula is C12H18N4S. The highest BCUT2D eigenvalue weighted by Crippen LogP contribution is 2.25. The fraction of sp³-hybridized carbons (Fsp3) is 0.500. The van der Waals surface area contributed by atoms with Gasteiger partial charge in [-0.3, -0.25) is 0 Å². The van der Waals surface area contributed by atoms with Crippen LogP contribution in [0.25, 0.3) is 0 Å². The van der Waals surface area contributed by atoms with Crippen LogP contribution in [0.1, 0.15) is 30.6 Å². The SMILES string of the molecule is CC(C)C(NCc1nncn1C)c1cccs1. The van der Waals surface area contributed by atoms with Crippen molar-refractivity contribution < 1.29 is 0 Å². The topological polar surface area (TPSA) is 42.7 Å². The van der Waals surface area contributed by atoms with E-state index in [9.17, 15) is 0 Å². The van der Waals surface area contributed by atoms with Crippen LogP contribution in [0.4, 0.5) is 0 Å². The molecule has 0 amide bonds. The molecule has 0 aliphatic rings. The molecule has 92 valence electrons. The van der Waals surface area contributed by atoms with E-state index in [1.165, 1.54) is 4.88 Å². The second kappa shape index (κ2) is 5.42. The van der Waals surface area contributed by atoms with Gasteiger partial charge >= 0.3 is 0 Å². The van der Waals surface area contributed by atoms with Gasteiger partial charge in [0.2, 0.25) is 0 Å².